The summed E-state index contributed by atoms with van der Waals surface area (Å²) in [6, 6.07) is 7.97. The van der Waals surface area contributed by atoms with Gasteiger partial charge in [-0.25, -0.2) is 0 Å². The summed E-state index contributed by atoms with van der Waals surface area (Å²) in [6.45, 7) is 1.04. The fourth-order valence-corrected chi connectivity index (χ4v) is 2.31. The molecule has 0 saturated heterocycles. The van der Waals surface area contributed by atoms with Gasteiger partial charge in [0, 0.05) is 17.6 Å². The lowest BCUT2D eigenvalue weighted by Gasteiger charge is -2.15. The first-order chi connectivity index (χ1) is 7.69. The monoisotopic (exact) mass is 282 g/mol. The number of hydrogen-bond donors (Lipinski definition) is 2. The first-order valence-corrected chi connectivity index (χ1v) is 6.23. The summed E-state index contributed by atoms with van der Waals surface area (Å²) in [5, 5.41) is 2.87. The van der Waals surface area contributed by atoms with Crippen LogP contribution in [0.5, 0.6) is 0 Å². The standard InChI is InChI=1S/C12H15BrN2O/c13-10-3-1-2-9(8-10)12(4-5-12)11(16)15-7-6-14/h1-3,8H,4-7,14H2,(H,15,16). The van der Waals surface area contributed by atoms with Crippen LogP contribution < -0.4 is 11.1 Å². The molecular weight excluding hydrogens is 268 g/mol. The molecule has 0 bridgehead atoms. The van der Waals surface area contributed by atoms with Crippen LogP contribution in [0.15, 0.2) is 28.7 Å². The summed E-state index contributed by atoms with van der Waals surface area (Å²) in [4.78, 5) is 12.0. The van der Waals surface area contributed by atoms with Crippen LogP contribution in [0.25, 0.3) is 0 Å². The SMILES string of the molecule is NCCNC(=O)C1(c2cccc(Br)c2)CC1. The summed E-state index contributed by atoms with van der Waals surface area (Å²) in [5.74, 6) is 0.107. The third-order valence-electron chi connectivity index (χ3n) is 2.99. The Kier molecular flexibility index (Phi) is 3.30. The van der Waals surface area contributed by atoms with Crippen molar-refractivity contribution in [2.45, 2.75) is 18.3 Å². The Hall–Kier alpha value is -0.870. The van der Waals surface area contributed by atoms with Crippen molar-refractivity contribution in [3.63, 3.8) is 0 Å². The molecule has 16 heavy (non-hydrogen) atoms. The zero-order chi connectivity index (χ0) is 11.6. The highest BCUT2D eigenvalue weighted by Crippen LogP contribution is 2.48. The zero-order valence-electron chi connectivity index (χ0n) is 9.00. The van der Waals surface area contributed by atoms with Gasteiger partial charge in [0.05, 0.1) is 5.41 Å². The van der Waals surface area contributed by atoms with Gasteiger partial charge in [-0.05, 0) is 30.5 Å². The molecule has 4 heteroatoms. The number of hydrogen-bond acceptors (Lipinski definition) is 2. The van der Waals surface area contributed by atoms with E-state index in [9.17, 15) is 4.79 Å². The van der Waals surface area contributed by atoms with Gasteiger partial charge < -0.3 is 11.1 Å². The molecule has 0 radical (unpaired) electrons. The molecule has 3 N–H and O–H groups in total. The molecule has 86 valence electrons. The van der Waals surface area contributed by atoms with Crippen LogP contribution in [0.1, 0.15) is 18.4 Å². The van der Waals surface area contributed by atoms with Crippen molar-refractivity contribution in [1.82, 2.24) is 5.32 Å². The van der Waals surface area contributed by atoms with Crippen LogP contribution in [0.2, 0.25) is 0 Å². The summed E-state index contributed by atoms with van der Waals surface area (Å²) < 4.78 is 1.02. The summed E-state index contributed by atoms with van der Waals surface area (Å²) in [7, 11) is 0. The average Bonchev–Trinajstić information content (AvgIpc) is 3.07. The molecular formula is C12H15BrN2O. The molecule has 1 amide bonds. The second-order valence-corrected chi connectivity index (χ2v) is 5.05. The summed E-state index contributed by atoms with van der Waals surface area (Å²) in [5.41, 5.74) is 6.18. The van der Waals surface area contributed by atoms with Crippen LogP contribution in [-0.2, 0) is 10.2 Å². The van der Waals surface area contributed by atoms with E-state index in [4.69, 9.17) is 5.73 Å². The Balaban J connectivity index is 2.16. The third kappa shape index (κ3) is 2.13. The number of rotatable bonds is 4. The lowest BCUT2D eigenvalue weighted by Crippen LogP contribution is -2.37. The minimum atomic E-state index is -0.293. The van der Waals surface area contributed by atoms with E-state index in [0.717, 1.165) is 22.9 Å². The smallest absolute Gasteiger partial charge is 0.230 e. The van der Waals surface area contributed by atoms with Gasteiger partial charge >= 0.3 is 0 Å². The van der Waals surface area contributed by atoms with Crippen LogP contribution >= 0.6 is 15.9 Å². The van der Waals surface area contributed by atoms with Crippen LogP contribution in [0.4, 0.5) is 0 Å². The normalized spacial score (nSPS) is 16.9. The molecule has 0 heterocycles. The Morgan fingerprint density at radius 1 is 1.50 bits per heavy atom. The van der Waals surface area contributed by atoms with E-state index in [-0.39, 0.29) is 11.3 Å². The third-order valence-corrected chi connectivity index (χ3v) is 3.48. The van der Waals surface area contributed by atoms with Crippen molar-refractivity contribution in [3.8, 4) is 0 Å². The average molecular weight is 283 g/mol. The van der Waals surface area contributed by atoms with Crippen molar-refractivity contribution in [2.75, 3.05) is 13.1 Å². The first kappa shape index (κ1) is 11.6. The molecule has 1 aliphatic carbocycles. The van der Waals surface area contributed by atoms with Gasteiger partial charge in [0.15, 0.2) is 0 Å². The Morgan fingerprint density at radius 2 is 2.25 bits per heavy atom. The highest BCUT2D eigenvalue weighted by atomic mass is 79.9. The minimum Gasteiger partial charge on any atom is -0.354 e. The van der Waals surface area contributed by atoms with Gasteiger partial charge in [-0.15, -0.1) is 0 Å². The molecule has 0 aliphatic heterocycles. The topological polar surface area (TPSA) is 55.1 Å². The Bertz CT molecular complexity index is 402. The molecule has 3 nitrogen and oxygen atoms in total. The van der Waals surface area contributed by atoms with Crippen molar-refractivity contribution in [3.05, 3.63) is 34.3 Å². The van der Waals surface area contributed by atoms with E-state index >= 15 is 0 Å². The summed E-state index contributed by atoms with van der Waals surface area (Å²) >= 11 is 3.43. The number of carbonyl (C=O) groups is 1. The lowest BCUT2D eigenvalue weighted by atomic mass is 9.95. The zero-order valence-corrected chi connectivity index (χ0v) is 10.6. The van der Waals surface area contributed by atoms with Gasteiger partial charge in [0.25, 0.3) is 0 Å². The largest absolute Gasteiger partial charge is 0.354 e. The van der Waals surface area contributed by atoms with E-state index < -0.39 is 0 Å². The number of halogens is 1. The van der Waals surface area contributed by atoms with Crippen LogP contribution in [0, 0.1) is 0 Å². The number of nitrogens with two attached hydrogens (primary N) is 1. The minimum absolute atomic E-state index is 0.107. The number of carbonyl (C=O) groups excluding carboxylic acids is 1. The van der Waals surface area contributed by atoms with E-state index in [2.05, 4.69) is 21.2 Å². The Morgan fingerprint density at radius 3 is 2.81 bits per heavy atom. The van der Waals surface area contributed by atoms with Gasteiger partial charge in [-0.3, -0.25) is 4.79 Å². The maximum atomic E-state index is 12.0. The quantitative estimate of drug-likeness (QED) is 0.881. The van der Waals surface area contributed by atoms with Crippen molar-refractivity contribution in [1.29, 1.82) is 0 Å². The van der Waals surface area contributed by atoms with Gasteiger partial charge in [-0.2, -0.15) is 0 Å². The first-order valence-electron chi connectivity index (χ1n) is 5.43. The number of benzene rings is 1. The molecule has 1 fully saturated rings. The van der Waals surface area contributed by atoms with E-state index in [1.165, 1.54) is 0 Å². The highest BCUT2D eigenvalue weighted by Gasteiger charge is 2.50. The molecule has 1 aliphatic rings. The molecule has 1 saturated carbocycles. The van der Waals surface area contributed by atoms with Crippen molar-refractivity contribution < 1.29 is 4.79 Å². The molecule has 0 atom stereocenters. The van der Waals surface area contributed by atoms with E-state index in [1.54, 1.807) is 0 Å². The fraction of sp³-hybridized carbons (Fsp3) is 0.417. The van der Waals surface area contributed by atoms with Crippen molar-refractivity contribution in [2.24, 2.45) is 5.73 Å². The molecule has 0 spiro atoms. The van der Waals surface area contributed by atoms with Crippen molar-refractivity contribution >= 4 is 21.8 Å². The predicted octanol–water partition coefficient (Wildman–Crippen LogP) is 1.56. The number of amides is 1. The summed E-state index contributed by atoms with van der Waals surface area (Å²) in [6.07, 6.45) is 1.86. The predicted molar refractivity (Wildman–Crippen MR) is 67.1 cm³/mol. The highest BCUT2D eigenvalue weighted by molar-refractivity contribution is 9.10. The maximum Gasteiger partial charge on any atom is 0.230 e. The Labute approximate surface area is 104 Å². The van der Waals surface area contributed by atoms with Crippen LogP contribution in [-0.4, -0.2) is 19.0 Å². The lowest BCUT2D eigenvalue weighted by molar-refractivity contribution is -0.123. The van der Waals surface area contributed by atoms with Gasteiger partial charge in [-0.1, -0.05) is 28.1 Å². The van der Waals surface area contributed by atoms with E-state index in [1.807, 2.05) is 24.3 Å². The molecule has 2 rings (SSSR count). The second-order valence-electron chi connectivity index (χ2n) is 4.14. The molecule has 0 aromatic heterocycles. The van der Waals surface area contributed by atoms with Gasteiger partial charge in [0.1, 0.15) is 0 Å². The van der Waals surface area contributed by atoms with Gasteiger partial charge in [0.2, 0.25) is 5.91 Å². The number of nitrogens with one attached hydrogen (secondary N) is 1. The molecule has 1 aromatic rings. The molecule has 1 aromatic carbocycles. The molecule has 0 unspecified atom stereocenters. The van der Waals surface area contributed by atoms with Crippen LogP contribution in [0.3, 0.4) is 0 Å². The second kappa shape index (κ2) is 4.55. The maximum absolute atomic E-state index is 12.0. The fourth-order valence-electron chi connectivity index (χ4n) is 1.91. The van der Waals surface area contributed by atoms with E-state index in [0.29, 0.717) is 13.1 Å².